The third kappa shape index (κ3) is 19.1. The second kappa shape index (κ2) is 15.2. The van der Waals surface area contributed by atoms with Gasteiger partial charge in [0.15, 0.2) is 0 Å². The van der Waals surface area contributed by atoms with Crippen LogP contribution in [-0.4, -0.2) is 36.9 Å². The lowest BCUT2D eigenvalue weighted by atomic mass is 9.90. The number of unbranched alkanes of at least 4 members (excludes halogenated alkanes) is 5. The van der Waals surface area contributed by atoms with E-state index >= 15 is 0 Å². The molecule has 0 bridgehead atoms. The van der Waals surface area contributed by atoms with Gasteiger partial charge in [0.05, 0.1) is 13.2 Å². The van der Waals surface area contributed by atoms with Crippen molar-refractivity contribution in [1.29, 1.82) is 0 Å². The fraction of sp³-hybridized carbons (Fsp3) is 0.900. The molecule has 0 aliphatic rings. The number of aliphatic hydroxyl groups is 1. The van der Waals surface area contributed by atoms with Gasteiger partial charge in [-0.15, -0.1) is 0 Å². The van der Waals surface area contributed by atoms with E-state index in [1.807, 2.05) is 0 Å². The van der Waals surface area contributed by atoms with Crippen LogP contribution in [0.2, 0.25) is 0 Å². The SMILES string of the molecule is CC(C)(C)CCCCOC(=O)CCCCCOC(=O)CCCCCO. The van der Waals surface area contributed by atoms with Crippen LogP contribution in [-0.2, 0) is 19.1 Å². The molecule has 0 aromatic heterocycles. The third-order valence-electron chi connectivity index (χ3n) is 3.91. The van der Waals surface area contributed by atoms with E-state index in [0.717, 1.165) is 57.8 Å². The molecule has 25 heavy (non-hydrogen) atoms. The van der Waals surface area contributed by atoms with Crippen molar-refractivity contribution in [2.75, 3.05) is 19.8 Å². The Bertz CT molecular complexity index is 346. The van der Waals surface area contributed by atoms with Gasteiger partial charge in [0.2, 0.25) is 0 Å². The zero-order valence-corrected chi connectivity index (χ0v) is 16.5. The zero-order valence-electron chi connectivity index (χ0n) is 16.5. The van der Waals surface area contributed by atoms with Crippen molar-refractivity contribution in [1.82, 2.24) is 0 Å². The molecule has 0 aliphatic carbocycles. The van der Waals surface area contributed by atoms with Gasteiger partial charge in [-0.1, -0.05) is 27.2 Å². The van der Waals surface area contributed by atoms with Crippen LogP contribution in [0.5, 0.6) is 0 Å². The van der Waals surface area contributed by atoms with Crippen molar-refractivity contribution in [3.63, 3.8) is 0 Å². The predicted octanol–water partition coefficient (Wildman–Crippen LogP) is 4.40. The maximum Gasteiger partial charge on any atom is 0.305 e. The molecule has 0 aromatic carbocycles. The van der Waals surface area contributed by atoms with Gasteiger partial charge in [-0.05, 0) is 56.8 Å². The van der Waals surface area contributed by atoms with Crippen LogP contribution in [0.3, 0.4) is 0 Å². The van der Waals surface area contributed by atoms with Crippen LogP contribution in [0.4, 0.5) is 0 Å². The first-order valence-electron chi connectivity index (χ1n) is 9.77. The first-order chi connectivity index (χ1) is 11.8. The minimum atomic E-state index is -0.174. The Morgan fingerprint density at radius 3 is 1.68 bits per heavy atom. The van der Waals surface area contributed by atoms with Gasteiger partial charge >= 0.3 is 11.9 Å². The molecular weight excluding hydrogens is 320 g/mol. The molecule has 0 radical (unpaired) electrons. The van der Waals surface area contributed by atoms with E-state index in [-0.39, 0.29) is 18.5 Å². The van der Waals surface area contributed by atoms with E-state index in [9.17, 15) is 9.59 Å². The molecule has 0 heterocycles. The predicted molar refractivity (Wildman–Crippen MR) is 99.2 cm³/mol. The second-order valence-corrected chi connectivity index (χ2v) is 7.80. The molecule has 5 nitrogen and oxygen atoms in total. The van der Waals surface area contributed by atoms with E-state index in [1.165, 1.54) is 0 Å². The molecule has 148 valence electrons. The molecule has 0 saturated carbocycles. The van der Waals surface area contributed by atoms with Crippen LogP contribution >= 0.6 is 0 Å². The highest BCUT2D eigenvalue weighted by Crippen LogP contribution is 2.21. The van der Waals surface area contributed by atoms with Gasteiger partial charge in [-0.3, -0.25) is 9.59 Å². The van der Waals surface area contributed by atoms with Crippen molar-refractivity contribution in [2.24, 2.45) is 5.41 Å². The first-order valence-corrected chi connectivity index (χ1v) is 9.77. The monoisotopic (exact) mass is 358 g/mol. The molecule has 0 aromatic rings. The molecule has 5 heteroatoms. The fourth-order valence-corrected chi connectivity index (χ4v) is 2.38. The molecule has 1 N–H and O–H groups in total. The van der Waals surface area contributed by atoms with Crippen molar-refractivity contribution < 1.29 is 24.2 Å². The lowest BCUT2D eigenvalue weighted by molar-refractivity contribution is -0.145. The number of esters is 2. The highest BCUT2D eigenvalue weighted by Gasteiger charge is 2.09. The number of hydrogen-bond donors (Lipinski definition) is 1. The molecule has 0 saturated heterocycles. The maximum atomic E-state index is 11.6. The number of hydrogen-bond acceptors (Lipinski definition) is 5. The van der Waals surface area contributed by atoms with Crippen LogP contribution in [0.15, 0.2) is 0 Å². The molecule has 0 fully saturated rings. The van der Waals surface area contributed by atoms with E-state index in [1.54, 1.807) is 0 Å². The van der Waals surface area contributed by atoms with E-state index < -0.39 is 0 Å². The molecular formula is C20H38O5. The summed E-state index contributed by atoms with van der Waals surface area (Å²) in [7, 11) is 0. The second-order valence-electron chi connectivity index (χ2n) is 7.80. The number of rotatable bonds is 15. The summed E-state index contributed by atoms with van der Waals surface area (Å²) in [6.07, 6.45) is 8.78. The van der Waals surface area contributed by atoms with E-state index in [0.29, 0.717) is 31.5 Å². The van der Waals surface area contributed by atoms with E-state index in [4.69, 9.17) is 14.6 Å². The summed E-state index contributed by atoms with van der Waals surface area (Å²) in [5.74, 6) is -0.302. The minimum Gasteiger partial charge on any atom is -0.466 e. The molecule has 0 atom stereocenters. The van der Waals surface area contributed by atoms with Crippen LogP contribution in [0.1, 0.15) is 91.4 Å². The lowest BCUT2D eigenvalue weighted by Gasteiger charge is -2.17. The van der Waals surface area contributed by atoms with Gasteiger partial charge < -0.3 is 14.6 Å². The van der Waals surface area contributed by atoms with Gasteiger partial charge in [0.25, 0.3) is 0 Å². The number of carbonyl (C=O) groups excluding carboxylic acids is 2. The Morgan fingerprint density at radius 1 is 0.720 bits per heavy atom. The summed E-state index contributed by atoms with van der Waals surface area (Å²) in [5, 5.41) is 8.65. The van der Waals surface area contributed by atoms with Crippen LogP contribution < -0.4 is 0 Å². The van der Waals surface area contributed by atoms with E-state index in [2.05, 4.69) is 20.8 Å². The molecule has 0 aliphatic heterocycles. The highest BCUT2D eigenvalue weighted by atomic mass is 16.5. The van der Waals surface area contributed by atoms with Crippen LogP contribution in [0.25, 0.3) is 0 Å². The smallest absolute Gasteiger partial charge is 0.305 e. The highest BCUT2D eigenvalue weighted by molar-refractivity contribution is 5.69. The van der Waals surface area contributed by atoms with Crippen molar-refractivity contribution >= 4 is 11.9 Å². The molecule has 0 amide bonds. The quantitative estimate of drug-likeness (QED) is 0.347. The topological polar surface area (TPSA) is 72.8 Å². The molecule has 0 rings (SSSR count). The van der Waals surface area contributed by atoms with Crippen LogP contribution in [0, 0.1) is 5.41 Å². The summed E-state index contributed by atoms with van der Waals surface area (Å²) < 4.78 is 10.4. The van der Waals surface area contributed by atoms with Gasteiger partial charge in [0, 0.05) is 19.4 Å². The van der Waals surface area contributed by atoms with Gasteiger partial charge in [-0.2, -0.15) is 0 Å². The Hall–Kier alpha value is -1.10. The van der Waals surface area contributed by atoms with Gasteiger partial charge in [0.1, 0.15) is 0 Å². The summed E-state index contributed by atoms with van der Waals surface area (Å²) in [4.78, 5) is 23.0. The van der Waals surface area contributed by atoms with Crippen molar-refractivity contribution in [3.05, 3.63) is 0 Å². The molecule has 0 unspecified atom stereocenters. The van der Waals surface area contributed by atoms with Crippen molar-refractivity contribution in [2.45, 2.75) is 91.4 Å². The lowest BCUT2D eigenvalue weighted by Crippen LogP contribution is -2.08. The summed E-state index contributed by atoms with van der Waals surface area (Å²) in [6, 6.07) is 0. The number of carbonyl (C=O) groups is 2. The number of aliphatic hydroxyl groups excluding tert-OH is 1. The Kier molecular flexibility index (Phi) is 14.5. The zero-order chi connectivity index (χ0) is 19.0. The summed E-state index contributed by atoms with van der Waals surface area (Å²) >= 11 is 0. The Balaban J connectivity index is 3.36. The molecule has 0 spiro atoms. The largest absolute Gasteiger partial charge is 0.466 e. The average Bonchev–Trinajstić information content (AvgIpc) is 2.53. The maximum absolute atomic E-state index is 11.6. The third-order valence-corrected chi connectivity index (χ3v) is 3.91. The fourth-order valence-electron chi connectivity index (χ4n) is 2.38. The summed E-state index contributed by atoms with van der Waals surface area (Å²) in [6.45, 7) is 7.76. The standard InChI is InChI=1S/C20H38O5/c1-20(2,3)14-8-11-17-25-19(23)13-7-5-10-16-24-18(22)12-6-4-9-15-21/h21H,4-17H2,1-3H3. The minimum absolute atomic E-state index is 0.128. The Morgan fingerprint density at radius 2 is 1.20 bits per heavy atom. The van der Waals surface area contributed by atoms with Gasteiger partial charge in [-0.25, -0.2) is 0 Å². The average molecular weight is 359 g/mol. The number of ether oxygens (including phenoxy) is 2. The Labute approximate surface area is 153 Å². The van der Waals surface area contributed by atoms with Crippen molar-refractivity contribution in [3.8, 4) is 0 Å². The first kappa shape index (κ1) is 23.9. The summed E-state index contributed by atoms with van der Waals surface area (Å²) in [5.41, 5.74) is 0.340. The normalized spacial score (nSPS) is 11.4.